The molecule has 0 fully saturated rings. The molecule has 8 aromatic rings. The Kier molecular flexibility index (Phi) is 6.48. The third kappa shape index (κ3) is 4.23. The molecule has 53 heavy (non-hydrogen) atoms. The Balaban J connectivity index is 1.17. The first-order chi connectivity index (χ1) is 26.0. The Morgan fingerprint density at radius 2 is 0.962 bits per heavy atom. The van der Waals surface area contributed by atoms with Crippen LogP contribution in [0.3, 0.4) is 0 Å². The molecule has 0 amide bonds. The Morgan fingerprint density at radius 1 is 0.396 bits per heavy atom. The fourth-order valence-corrected chi connectivity index (χ4v) is 10.7. The van der Waals surface area contributed by atoms with Gasteiger partial charge in [0.05, 0.1) is 16.8 Å². The van der Waals surface area contributed by atoms with Gasteiger partial charge >= 0.3 is 0 Å². The van der Waals surface area contributed by atoms with Crippen molar-refractivity contribution in [1.82, 2.24) is 9.97 Å². The maximum absolute atomic E-state index is 5.30. The van der Waals surface area contributed by atoms with Crippen LogP contribution in [0, 0.1) is 0 Å². The smallest absolute Gasteiger partial charge is 0.160 e. The molecule has 0 unspecified atom stereocenters. The van der Waals surface area contributed by atoms with Crippen molar-refractivity contribution < 1.29 is 0 Å². The summed E-state index contributed by atoms with van der Waals surface area (Å²) >= 11 is 1.92. The number of rotatable bonds is 3. The molecule has 2 aliphatic carbocycles. The zero-order valence-corrected chi connectivity index (χ0v) is 30.3. The molecule has 0 radical (unpaired) electrons. The molecule has 2 nitrogen and oxygen atoms in total. The SMILES string of the molecule is CC1(C)c2cc3c(cc2-c2cccc(-c4cc(-c5ccccc5)nc(-c5ccccc5)n4)c21)C1(c2ccccc2S3)c2ccccc2-c2ccccc21. The molecular weight excluding hydrogens is 661 g/mol. The molecule has 250 valence electrons. The lowest BCUT2D eigenvalue weighted by atomic mass is 9.66. The van der Waals surface area contributed by atoms with Gasteiger partial charge in [-0.2, -0.15) is 0 Å². The molecule has 0 saturated carbocycles. The molecule has 2 heterocycles. The summed E-state index contributed by atoms with van der Waals surface area (Å²) in [7, 11) is 0. The Morgan fingerprint density at radius 3 is 1.68 bits per heavy atom. The monoisotopic (exact) mass is 694 g/mol. The lowest BCUT2D eigenvalue weighted by Gasteiger charge is -2.40. The third-order valence-electron chi connectivity index (χ3n) is 11.7. The quantitative estimate of drug-likeness (QED) is 0.184. The fourth-order valence-electron chi connectivity index (χ4n) is 9.50. The van der Waals surface area contributed by atoms with Crippen LogP contribution in [0.15, 0.2) is 180 Å². The molecule has 3 heteroatoms. The van der Waals surface area contributed by atoms with Gasteiger partial charge in [0.2, 0.25) is 0 Å². The van der Waals surface area contributed by atoms with Crippen LogP contribution in [0.25, 0.3) is 56.2 Å². The Hall–Kier alpha value is -6.03. The number of nitrogens with zero attached hydrogens (tertiary/aromatic N) is 2. The van der Waals surface area contributed by atoms with Gasteiger partial charge in [0, 0.05) is 31.9 Å². The van der Waals surface area contributed by atoms with Crippen LogP contribution >= 0.6 is 11.8 Å². The molecule has 1 aliphatic heterocycles. The summed E-state index contributed by atoms with van der Waals surface area (Å²) in [6, 6.07) is 62.0. The second kappa shape index (κ2) is 11.2. The van der Waals surface area contributed by atoms with Gasteiger partial charge in [-0.05, 0) is 79.9 Å². The molecule has 0 N–H and O–H groups in total. The van der Waals surface area contributed by atoms with Crippen molar-refractivity contribution in [2.45, 2.75) is 34.5 Å². The van der Waals surface area contributed by atoms with Crippen LogP contribution in [0.4, 0.5) is 0 Å². The molecule has 3 aliphatic rings. The van der Waals surface area contributed by atoms with Gasteiger partial charge in [-0.3, -0.25) is 0 Å². The largest absolute Gasteiger partial charge is 0.228 e. The van der Waals surface area contributed by atoms with E-state index in [2.05, 4.69) is 178 Å². The number of hydrogen-bond donors (Lipinski definition) is 0. The first-order valence-electron chi connectivity index (χ1n) is 18.3. The predicted octanol–water partition coefficient (Wildman–Crippen LogP) is 12.6. The van der Waals surface area contributed by atoms with E-state index in [-0.39, 0.29) is 5.41 Å². The first-order valence-corrected chi connectivity index (χ1v) is 19.1. The fraction of sp³-hybridized carbons (Fsp3) is 0.0800. The lowest BCUT2D eigenvalue weighted by molar-refractivity contribution is 0.655. The maximum Gasteiger partial charge on any atom is 0.160 e. The van der Waals surface area contributed by atoms with Gasteiger partial charge in [0.25, 0.3) is 0 Å². The van der Waals surface area contributed by atoms with Crippen LogP contribution in [0.5, 0.6) is 0 Å². The second-order valence-electron chi connectivity index (χ2n) is 14.9. The zero-order chi connectivity index (χ0) is 35.3. The minimum atomic E-state index is -0.411. The molecule has 0 saturated heterocycles. The van der Waals surface area contributed by atoms with Crippen molar-refractivity contribution in [2.24, 2.45) is 0 Å². The Bertz CT molecular complexity index is 2680. The minimum Gasteiger partial charge on any atom is -0.228 e. The van der Waals surface area contributed by atoms with E-state index in [0.717, 1.165) is 33.9 Å². The van der Waals surface area contributed by atoms with Crippen LogP contribution in [0.2, 0.25) is 0 Å². The second-order valence-corrected chi connectivity index (χ2v) is 16.0. The summed E-state index contributed by atoms with van der Waals surface area (Å²) in [5, 5.41) is 0. The zero-order valence-electron chi connectivity index (χ0n) is 29.5. The van der Waals surface area contributed by atoms with Crippen molar-refractivity contribution in [3.63, 3.8) is 0 Å². The van der Waals surface area contributed by atoms with Crippen LogP contribution in [-0.4, -0.2) is 9.97 Å². The van der Waals surface area contributed by atoms with E-state index in [1.54, 1.807) is 0 Å². The lowest BCUT2D eigenvalue weighted by Crippen LogP contribution is -2.32. The number of benzene rings is 7. The predicted molar refractivity (Wildman–Crippen MR) is 217 cm³/mol. The van der Waals surface area contributed by atoms with Crippen molar-refractivity contribution in [2.75, 3.05) is 0 Å². The Labute approximate surface area is 314 Å². The van der Waals surface area contributed by atoms with Crippen molar-refractivity contribution in [3.05, 3.63) is 203 Å². The maximum atomic E-state index is 5.30. The number of fused-ring (bicyclic) bond motifs is 12. The van der Waals surface area contributed by atoms with Gasteiger partial charge in [-0.25, -0.2) is 9.97 Å². The minimum absolute atomic E-state index is 0.267. The summed E-state index contributed by atoms with van der Waals surface area (Å²) in [6.45, 7) is 4.78. The molecular formula is C50H34N2S. The van der Waals surface area contributed by atoms with E-state index in [4.69, 9.17) is 9.97 Å². The van der Waals surface area contributed by atoms with E-state index >= 15 is 0 Å². The van der Waals surface area contributed by atoms with E-state index in [9.17, 15) is 0 Å². The molecule has 1 spiro atoms. The highest BCUT2D eigenvalue weighted by molar-refractivity contribution is 7.99. The summed E-state index contributed by atoms with van der Waals surface area (Å²) in [6.07, 6.45) is 0. The highest BCUT2D eigenvalue weighted by atomic mass is 32.2. The average molecular weight is 695 g/mol. The number of aromatic nitrogens is 2. The summed E-state index contributed by atoms with van der Waals surface area (Å²) in [4.78, 5) is 13.1. The molecule has 0 atom stereocenters. The standard InChI is InChI=1S/C50H34N2S/c1-49(2)41-29-46-42(50(40-26-13-14-27-45(40)53-46)38-24-11-9-20-33(38)34-21-10-12-25-39(34)50)28-37(41)35-22-15-23-36(47(35)49)44-30-43(31-16-5-3-6-17-31)51-48(52-44)32-18-7-4-8-19-32/h3-30H,1-2H3. The van der Waals surface area contributed by atoms with Gasteiger partial charge in [0.15, 0.2) is 5.82 Å². The normalized spacial score (nSPS) is 14.8. The molecule has 0 bridgehead atoms. The topological polar surface area (TPSA) is 25.8 Å². The van der Waals surface area contributed by atoms with Gasteiger partial charge < -0.3 is 0 Å². The van der Waals surface area contributed by atoms with E-state index in [1.807, 2.05) is 17.8 Å². The molecule has 11 rings (SSSR count). The van der Waals surface area contributed by atoms with Crippen LogP contribution in [0.1, 0.15) is 47.2 Å². The van der Waals surface area contributed by atoms with Crippen molar-refractivity contribution in [3.8, 4) is 56.2 Å². The highest BCUT2D eigenvalue weighted by Crippen LogP contribution is 2.64. The van der Waals surface area contributed by atoms with Crippen molar-refractivity contribution in [1.29, 1.82) is 0 Å². The molecule has 1 aromatic heterocycles. The van der Waals surface area contributed by atoms with Gasteiger partial charge in [0.1, 0.15) is 0 Å². The average Bonchev–Trinajstić information content (AvgIpc) is 3.63. The van der Waals surface area contributed by atoms with E-state index in [1.165, 1.54) is 65.4 Å². The highest BCUT2D eigenvalue weighted by Gasteiger charge is 2.51. The van der Waals surface area contributed by atoms with Crippen LogP contribution < -0.4 is 0 Å². The summed E-state index contributed by atoms with van der Waals surface area (Å²) < 4.78 is 0. The summed E-state index contributed by atoms with van der Waals surface area (Å²) in [5.74, 6) is 0.734. The molecule has 7 aromatic carbocycles. The first kappa shape index (κ1) is 30.6. The van der Waals surface area contributed by atoms with Crippen LogP contribution in [-0.2, 0) is 10.8 Å². The third-order valence-corrected chi connectivity index (χ3v) is 12.9. The number of hydrogen-bond acceptors (Lipinski definition) is 3. The van der Waals surface area contributed by atoms with E-state index in [0.29, 0.717) is 0 Å². The summed E-state index contributed by atoms with van der Waals surface area (Å²) in [5.41, 5.74) is 17.8. The van der Waals surface area contributed by atoms with Gasteiger partial charge in [-0.15, -0.1) is 0 Å². The van der Waals surface area contributed by atoms with E-state index < -0.39 is 5.41 Å². The van der Waals surface area contributed by atoms with Gasteiger partial charge in [-0.1, -0.05) is 171 Å². The van der Waals surface area contributed by atoms with Crippen molar-refractivity contribution >= 4 is 11.8 Å².